The van der Waals surface area contributed by atoms with Crippen molar-refractivity contribution in [2.75, 3.05) is 23.5 Å². The van der Waals surface area contributed by atoms with Crippen molar-refractivity contribution in [3.8, 4) is 5.75 Å². The van der Waals surface area contributed by atoms with Crippen LogP contribution in [0.3, 0.4) is 0 Å². The van der Waals surface area contributed by atoms with E-state index in [-0.39, 0.29) is 30.4 Å². The predicted octanol–water partition coefficient (Wildman–Crippen LogP) is 3.23. The van der Waals surface area contributed by atoms with Crippen LogP contribution in [0.25, 0.3) is 0 Å². The Kier molecular flexibility index (Phi) is 7.69. The first-order chi connectivity index (χ1) is 13.0. The molecule has 2 rings (SSSR count). The third kappa shape index (κ3) is 7.41. The van der Waals surface area contributed by atoms with Gasteiger partial charge in [0.15, 0.2) is 0 Å². The number of carboxylic acids is 1. The number of carboxylic acid groups (broad SMARTS) is 1. The van der Waals surface area contributed by atoms with Crippen LogP contribution >= 0.6 is 11.8 Å². The van der Waals surface area contributed by atoms with Crippen LogP contribution in [-0.2, 0) is 14.4 Å². The van der Waals surface area contributed by atoms with Crippen molar-refractivity contribution in [3.05, 3.63) is 48.5 Å². The predicted molar refractivity (Wildman–Crippen MR) is 104 cm³/mol. The summed E-state index contributed by atoms with van der Waals surface area (Å²) < 4.78 is 5.07. The topological polar surface area (TPSA) is 105 Å². The van der Waals surface area contributed by atoms with Crippen molar-refractivity contribution in [1.82, 2.24) is 0 Å². The van der Waals surface area contributed by atoms with Gasteiger partial charge in [-0.15, -0.1) is 11.8 Å². The summed E-state index contributed by atoms with van der Waals surface area (Å²) in [6.07, 6.45) is -0.277. The van der Waals surface area contributed by atoms with Gasteiger partial charge in [0, 0.05) is 22.7 Å². The number of rotatable bonds is 9. The van der Waals surface area contributed by atoms with Gasteiger partial charge in [-0.05, 0) is 48.5 Å². The molecule has 0 aliphatic heterocycles. The second-order valence-corrected chi connectivity index (χ2v) is 6.58. The molecule has 0 saturated carbocycles. The molecule has 0 heterocycles. The molecule has 0 saturated heterocycles. The Morgan fingerprint density at radius 2 is 1.44 bits per heavy atom. The lowest BCUT2D eigenvalue weighted by atomic mass is 10.2. The van der Waals surface area contributed by atoms with E-state index >= 15 is 0 Å². The molecule has 0 fully saturated rings. The Balaban J connectivity index is 1.77. The van der Waals surface area contributed by atoms with E-state index in [1.165, 1.54) is 11.8 Å². The van der Waals surface area contributed by atoms with Crippen LogP contribution in [0.5, 0.6) is 5.75 Å². The van der Waals surface area contributed by atoms with E-state index in [0.29, 0.717) is 11.4 Å². The largest absolute Gasteiger partial charge is 0.497 e. The number of aliphatic carboxylic acids is 1. The van der Waals surface area contributed by atoms with Crippen molar-refractivity contribution < 1.29 is 24.2 Å². The minimum Gasteiger partial charge on any atom is -0.497 e. The molecule has 2 aromatic carbocycles. The molecule has 27 heavy (non-hydrogen) atoms. The SMILES string of the molecule is COc1ccc(NC(=O)CSc2ccc(NC(=O)CCC(=O)O)cc2)cc1. The molecule has 2 amide bonds. The maximum absolute atomic E-state index is 12.0. The molecule has 8 heteroatoms. The van der Waals surface area contributed by atoms with Crippen LogP contribution in [0, 0.1) is 0 Å². The molecule has 3 N–H and O–H groups in total. The van der Waals surface area contributed by atoms with Gasteiger partial charge in [0.1, 0.15) is 5.75 Å². The lowest BCUT2D eigenvalue weighted by molar-refractivity contribution is -0.138. The van der Waals surface area contributed by atoms with Crippen LogP contribution in [-0.4, -0.2) is 35.8 Å². The fourth-order valence-electron chi connectivity index (χ4n) is 2.10. The number of hydrogen-bond donors (Lipinski definition) is 3. The van der Waals surface area contributed by atoms with E-state index in [0.717, 1.165) is 10.6 Å². The van der Waals surface area contributed by atoms with Crippen molar-refractivity contribution in [2.45, 2.75) is 17.7 Å². The van der Waals surface area contributed by atoms with Gasteiger partial charge in [0.25, 0.3) is 0 Å². The molecule has 0 spiro atoms. The number of anilines is 2. The zero-order valence-corrected chi connectivity index (χ0v) is 15.5. The van der Waals surface area contributed by atoms with Gasteiger partial charge in [0.05, 0.1) is 19.3 Å². The summed E-state index contributed by atoms with van der Waals surface area (Å²) in [6.45, 7) is 0. The number of hydrogen-bond acceptors (Lipinski definition) is 5. The van der Waals surface area contributed by atoms with E-state index in [2.05, 4.69) is 10.6 Å². The summed E-state index contributed by atoms with van der Waals surface area (Å²) in [5, 5.41) is 14.0. The summed E-state index contributed by atoms with van der Waals surface area (Å²) in [7, 11) is 1.58. The summed E-state index contributed by atoms with van der Waals surface area (Å²) in [5.74, 6) is -0.522. The highest BCUT2D eigenvalue weighted by Gasteiger charge is 2.07. The van der Waals surface area contributed by atoms with Crippen LogP contribution in [0.2, 0.25) is 0 Å². The summed E-state index contributed by atoms with van der Waals surface area (Å²) in [5.41, 5.74) is 1.28. The first-order valence-corrected chi connectivity index (χ1v) is 9.13. The second-order valence-electron chi connectivity index (χ2n) is 5.53. The average molecular weight is 388 g/mol. The first kappa shape index (κ1) is 20.3. The molecule has 0 aliphatic rings. The number of thioether (sulfide) groups is 1. The molecule has 2 aromatic rings. The van der Waals surface area contributed by atoms with Crippen LogP contribution in [0.4, 0.5) is 11.4 Å². The van der Waals surface area contributed by atoms with E-state index in [9.17, 15) is 14.4 Å². The molecule has 0 unspecified atom stereocenters. The first-order valence-electron chi connectivity index (χ1n) is 8.14. The normalized spacial score (nSPS) is 10.1. The van der Waals surface area contributed by atoms with Gasteiger partial charge < -0.3 is 20.5 Å². The number of nitrogens with one attached hydrogen (secondary N) is 2. The molecule has 0 bridgehead atoms. The Hall–Kier alpha value is -3.00. The summed E-state index contributed by atoms with van der Waals surface area (Å²) in [4.78, 5) is 34.9. The van der Waals surface area contributed by atoms with Crippen LogP contribution < -0.4 is 15.4 Å². The Bertz CT molecular complexity index is 791. The fraction of sp³-hybridized carbons (Fsp3) is 0.211. The van der Waals surface area contributed by atoms with Crippen molar-refractivity contribution in [3.63, 3.8) is 0 Å². The van der Waals surface area contributed by atoms with E-state index in [1.807, 2.05) is 0 Å². The van der Waals surface area contributed by atoms with E-state index in [1.54, 1.807) is 55.6 Å². The number of methoxy groups -OCH3 is 1. The maximum Gasteiger partial charge on any atom is 0.303 e. The van der Waals surface area contributed by atoms with Gasteiger partial charge in [-0.3, -0.25) is 14.4 Å². The monoisotopic (exact) mass is 388 g/mol. The van der Waals surface area contributed by atoms with Gasteiger partial charge in [0.2, 0.25) is 11.8 Å². The van der Waals surface area contributed by atoms with E-state index in [4.69, 9.17) is 9.84 Å². The third-order valence-corrected chi connectivity index (χ3v) is 4.46. The molecule has 0 atom stereocenters. The molecule has 0 radical (unpaired) electrons. The highest BCUT2D eigenvalue weighted by atomic mass is 32.2. The highest BCUT2D eigenvalue weighted by Crippen LogP contribution is 2.21. The lowest BCUT2D eigenvalue weighted by Gasteiger charge is -2.07. The minimum atomic E-state index is -1.01. The lowest BCUT2D eigenvalue weighted by Crippen LogP contribution is -2.14. The Labute approximate surface area is 161 Å². The summed E-state index contributed by atoms with van der Waals surface area (Å²) >= 11 is 1.37. The van der Waals surface area contributed by atoms with Crippen LogP contribution in [0.1, 0.15) is 12.8 Å². The number of benzene rings is 2. The van der Waals surface area contributed by atoms with Crippen molar-refractivity contribution in [1.29, 1.82) is 0 Å². The highest BCUT2D eigenvalue weighted by molar-refractivity contribution is 8.00. The number of carbonyl (C=O) groups is 3. The van der Waals surface area contributed by atoms with Gasteiger partial charge in [-0.2, -0.15) is 0 Å². The molecular formula is C19H20N2O5S. The Morgan fingerprint density at radius 3 is 2.00 bits per heavy atom. The zero-order valence-electron chi connectivity index (χ0n) is 14.7. The maximum atomic E-state index is 12.0. The van der Waals surface area contributed by atoms with Gasteiger partial charge >= 0.3 is 5.97 Å². The van der Waals surface area contributed by atoms with Gasteiger partial charge in [-0.1, -0.05) is 0 Å². The van der Waals surface area contributed by atoms with Gasteiger partial charge in [-0.25, -0.2) is 0 Å². The molecule has 0 aliphatic carbocycles. The van der Waals surface area contributed by atoms with E-state index < -0.39 is 5.97 Å². The van der Waals surface area contributed by atoms with Crippen molar-refractivity contribution >= 4 is 40.9 Å². The molecular weight excluding hydrogens is 368 g/mol. The zero-order chi connectivity index (χ0) is 19.6. The molecule has 142 valence electrons. The molecule has 0 aromatic heterocycles. The smallest absolute Gasteiger partial charge is 0.303 e. The molecule has 7 nitrogen and oxygen atoms in total. The number of amides is 2. The summed E-state index contributed by atoms with van der Waals surface area (Å²) in [6, 6.07) is 14.1. The minimum absolute atomic E-state index is 0.0721. The van der Waals surface area contributed by atoms with Crippen LogP contribution in [0.15, 0.2) is 53.4 Å². The number of ether oxygens (including phenoxy) is 1. The second kappa shape index (κ2) is 10.2. The Morgan fingerprint density at radius 1 is 0.889 bits per heavy atom. The quantitative estimate of drug-likeness (QED) is 0.570. The fourth-order valence-corrected chi connectivity index (χ4v) is 2.80. The third-order valence-electron chi connectivity index (χ3n) is 3.45. The number of carbonyl (C=O) groups excluding carboxylic acids is 2. The standard InChI is InChI=1S/C19H20N2O5S/c1-26-15-6-2-13(3-7-15)21-18(23)12-27-16-8-4-14(5-9-16)20-17(22)10-11-19(24)25/h2-9H,10-12H2,1H3,(H,20,22)(H,21,23)(H,24,25). The average Bonchev–Trinajstić information content (AvgIpc) is 2.66. The van der Waals surface area contributed by atoms with Crippen molar-refractivity contribution in [2.24, 2.45) is 0 Å².